The van der Waals surface area contributed by atoms with E-state index in [-0.39, 0.29) is 10.9 Å². The number of halogens is 1. The highest BCUT2D eigenvalue weighted by atomic mass is 35.5. The molecule has 2 aliphatic rings. The van der Waals surface area contributed by atoms with E-state index in [4.69, 9.17) is 11.6 Å². The van der Waals surface area contributed by atoms with Gasteiger partial charge in [-0.05, 0) is 25.0 Å². The summed E-state index contributed by atoms with van der Waals surface area (Å²) in [7, 11) is 0. The molecule has 2 fully saturated rings. The first-order valence-electron chi connectivity index (χ1n) is 8.34. The molecular formula is C17H24ClN3OS. The van der Waals surface area contributed by atoms with Crippen LogP contribution in [0.25, 0.3) is 0 Å². The van der Waals surface area contributed by atoms with Crippen molar-refractivity contribution in [2.75, 3.05) is 36.8 Å². The number of rotatable bonds is 5. The average molecular weight is 354 g/mol. The van der Waals surface area contributed by atoms with Gasteiger partial charge in [0.15, 0.2) is 0 Å². The molecule has 6 heteroatoms. The number of benzene rings is 1. The van der Waals surface area contributed by atoms with E-state index in [1.54, 1.807) is 11.8 Å². The van der Waals surface area contributed by atoms with Gasteiger partial charge in [-0.1, -0.05) is 37.1 Å². The molecule has 1 amide bonds. The first kappa shape index (κ1) is 16.9. The van der Waals surface area contributed by atoms with Gasteiger partial charge >= 0.3 is 0 Å². The van der Waals surface area contributed by atoms with Crippen molar-refractivity contribution in [2.45, 2.75) is 31.2 Å². The van der Waals surface area contributed by atoms with Crippen LogP contribution in [0.2, 0.25) is 5.02 Å². The number of carbonyl (C=O) groups excluding carboxylic acids is 1. The van der Waals surface area contributed by atoms with Gasteiger partial charge in [-0.15, -0.1) is 11.8 Å². The molecule has 0 aromatic heterocycles. The summed E-state index contributed by atoms with van der Waals surface area (Å²) in [6.07, 6.45) is 3.31. The Bertz CT molecular complexity index is 563. The van der Waals surface area contributed by atoms with Crippen LogP contribution in [0.5, 0.6) is 0 Å². The second-order valence-electron chi connectivity index (χ2n) is 6.15. The van der Waals surface area contributed by atoms with Crippen LogP contribution in [-0.2, 0) is 4.79 Å². The van der Waals surface area contributed by atoms with E-state index >= 15 is 0 Å². The number of carbonyl (C=O) groups is 1. The summed E-state index contributed by atoms with van der Waals surface area (Å²) < 4.78 is 0. The van der Waals surface area contributed by atoms with Gasteiger partial charge in [-0.2, -0.15) is 0 Å². The van der Waals surface area contributed by atoms with Gasteiger partial charge in [0.05, 0.1) is 16.5 Å². The van der Waals surface area contributed by atoms with Crippen LogP contribution >= 0.6 is 23.4 Å². The largest absolute Gasteiger partial charge is 0.368 e. The Morgan fingerprint density at radius 1 is 1.26 bits per heavy atom. The molecule has 2 heterocycles. The molecule has 2 saturated heterocycles. The third-order valence-corrected chi connectivity index (χ3v) is 6.40. The van der Waals surface area contributed by atoms with Crippen molar-refractivity contribution in [3.8, 4) is 0 Å². The summed E-state index contributed by atoms with van der Waals surface area (Å²) in [5, 5.41) is 4.05. The van der Waals surface area contributed by atoms with Crippen LogP contribution in [0.1, 0.15) is 26.2 Å². The summed E-state index contributed by atoms with van der Waals surface area (Å²) in [5.74, 6) is 0.744. The molecule has 1 aromatic rings. The average Bonchev–Trinajstić information content (AvgIpc) is 2.96. The highest BCUT2D eigenvalue weighted by Gasteiger charge is 2.44. The number of para-hydroxylation sites is 1. The molecule has 4 nitrogen and oxygen atoms in total. The molecule has 1 N–H and O–H groups in total. The first-order valence-corrected chi connectivity index (χ1v) is 9.70. The summed E-state index contributed by atoms with van der Waals surface area (Å²) in [5.41, 5.74) is 1.11. The quantitative estimate of drug-likeness (QED) is 0.882. The van der Waals surface area contributed by atoms with Crippen LogP contribution in [0.15, 0.2) is 24.3 Å². The third kappa shape index (κ3) is 3.62. The van der Waals surface area contributed by atoms with Crippen LogP contribution in [0.4, 0.5) is 5.69 Å². The Labute approximate surface area is 147 Å². The highest BCUT2D eigenvalue weighted by molar-refractivity contribution is 8.01. The van der Waals surface area contributed by atoms with Crippen molar-refractivity contribution >= 4 is 35.0 Å². The Hall–Kier alpha value is -0.910. The molecule has 0 bridgehead atoms. The normalized spacial score (nSPS) is 25.7. The van der Waals surface area contributed by atoms with Gasteiger partial charge in [-0.3, -0.25) is 9.69 Å². The lowest BCUT2D eigenvalue weighted by Crippen LogP contribution is -2.60. The van der Waals surface area contributed by atoms with E-state index in [9.17, 15) is 4.79 Å². The topological polar surface area (TPSA) is 35.6 Å². The van der Waals surface area contributed by atoms with Crippen LogP contribution in [-0.4, -0.2) is 47.7 Å². The summed E-state index contributed by atoms with van der Waals surface area (Å²) >= 11 is 8.08. The van der Waals surface area contributed by atoms with E-state index in [1.807, 2.05) is 18.2 Å². The summed E-state index contributed by atoms with van der Waals surface area (Å²) in [6, 6.07) is 8.02. The van der Waals surface area contributed by atoms with E-state index in [0.29, 0.717) is 5.75 Å². The van der Waals surface area contributed by atoms with Gasteiger partial charge < -0.3 is 10.2 Å². The minimum Gasteiger partial charge on any atom is -0.368 e. The number of unbranched alkanes of at least 4 members (excludes halogenated alkanes) is 1. The van der Waals surface area contributed by atoms with Gasteiger partial charge in [-0.25, -0.2) is 0 Å². The molecular weight excluding hydrogens is 330 g/mol. The summed E-state index contributed by atoms with van der Waals surface area (Å²) in [6.45, 7) is 5.97. The molecule has 1 unspecified atom stereocenters. The molecule has 3 rings (SSSR count). The molecule has 1 aromatic carbocycles. The SMILES string of the molecule is CCCCC1(N2CCN(c3ccccc3Cl)CC2)NC(=O)CS1. The zero-order valence-corrected chi connectivity index (χ0v) is 15.1. The highest BCUT2D eigenvalue weighted by Crippen LogP contribution is 2.37. The number of nitrogens with one attached hydrogen (secondary N) is 1. The van der Waals surface area contributed by atoms with E-state index in [0.717, 1.165) is 56.2 Å². The lowest BCUT2D eigenvalue weighted by molar-refractivity contribution is -0.120. The standard InChI is InChI=1S/C17H24ClN3OS/c1-2-3-8-17(19-16(22)13-23-17)21-11-9-20(10-12-21)15-7-5-4-6-14(15)18/h4-7H,2-3,8-13H2,1H3,(H,19,22). The van der Waals surface area contributed by atoms with Gasteiger partial charge in [0.25, 0.3) is 0 Å². The van der Waals surface area contributed by atoms with Gasteiger partial charge in [0.2, 0.25) is 5.91 Å². The van der Waals surface area contributed by atoms with Crippen LogP contribution < -0.4 is 10.2 Å². The van der Waals surface area contributed by atoms with Crippen LogP contribution in [0, 0.1) is 0 Å². The lowest BCUT2D eigenvalue weighted by atomic mass is 10.1. The number of anilines is 1. The summed E-state index contributed by atoms with van der Waals surface area (Å²) in [4.78, 5) is 16.4. The number of piperazine rings is 1. The van der Waals surface area contributed by atoms with E-state index in [2.05, 4.69) is 28.1 Å². The molecule has 126 valence electrons. The zero-order chi connectivity index (χ0) is 16.3. The fourth-order valence-electron chi connectivity index (χ4n) is 3.37. The maximum Gasteiger partial charge on any atom is 0.232 e. The van der Waals surface area contributed by atoms with Crippen molar-refractivity contribution in [1.29, 1.82) is 0 Å². The maximum atomic E-state index is 11.8. The molecule has 0 saturated carbocycles. The van der Waals surface area contributed by atoms with Crippen molar-refractivity contribution in [3.63, 3.8) is 0 Å². The van der Waals surface area contributed by atoms with Crippen molar-refractivity contribution < 1.29 is 4.79 Å². The number of hydrogen-bond acceptors (Lipinski definition) is 4. The molecule has 0 spiro atoms. The Morgan fingerprint density at radius 2 is 2.00 bits per heavy atom. The predicted octanol–water partition coefficient (Wildman–Crippen LogP) is 3.17. The van der Waals surface area contributed by atoms with Crippen LogP contribution in [0.3, 0.4) is 0 Å². The van der Waals surface area contributed by atoms with Crippen molar-refractivity contribution in [2.24, 2.45) is 0 Å². The lowest BCUT2D eigenvalue weighted by Gasteiger charge is -2.45. The Kier molecular flexibility index (Phi) is 5.39. The van der Waals surface area contributed by atoms with Gasteiger partial charge in [0, 0.05) is 26.2 Å². The number of thioether (sulfide) groups is 1. The Morgan fingerprint density at radius 3 is 2.61 bits per heavy atom. The van der Waals surface area contributed by atoms with E-state index in [1.165, 1.54) is 0 Å². The molecule has 2 aliphatic heterocycles. The number of amides is 1. The zero-order valence-electron chi connectivity index (χ0n) is 13.6. The fourth-order valence-corrected chi connectivity index (χ4v) is 4.91. The number of hydrogen-bond donors (Lipinski definition) is 1. The maximum absolute atomic E-state index is 11.8. The van der Waals surface area contributed by atoms with Gasteiger partial charge in [0.1, 0.15) is 4.99 Å². The predicted molar refractivity (Wildman–Crippen MR) is 98.1 cm³/mol. The number of nitrogens with zero attached hydrogens (tertiary/aromatic N) is 2. The van der Waals surface area contributed by atoms with E-state index < -0.39 is 0 Å². The first-order chi connectivity index (χ1) is 11.1. The fraction of sp³-hybridized carbons (Fsp3) is 0.588. The monoisotopic (exact) mass is 353 g/mol. The molecule has 1 atom stereocenters. The minimum absolute atomic E-state index is 0.166. The smallest absolute Gasteiger partial charge is 0.232 e. The minimum atomic E-state index is -0.195. The third-order valence-electron chi connectivity index (χ3n) is 4.63. The second kappa shape index (κ2) is 7.32. The van der Waals surface area contributed by atoms with Crippen molar-refractivity contribution in [3.05, 3.63) is 29.3 Å². The molecule has 23 heavy (non-hydrogen) atoms. The second-order valence-corrected chi connectivity index (χ2v) is 7.81. The molecule has 0 radical (unpaired) electrons. The molecule has 0 aliphatic carbocycles. The Balaban J connectivity index is 1.67. The van der Waals surface area contributed by atoms with Crippen molar-refractivity contribution in [1.82, 2.24) is 10.2 Å².